The maximum absolute atomic E-state index is 12.6. The minimum Gasteiger partial charge on any atom is -0.508 e. The number of carbonyl (C=O) groups excluding carboxylic acids is 2. The highest BCUT2D eigenvalue weighted by Crippen LogP contribution is 2.47. The first-order chi connectivity index (χ1) is 29.8. The lowest BCUT2D eigenvalue weighted by molar-refractivity contribution is -0.134. The summed E-state index contributed by atoms with van der Waals surface area (Å²) in [5.74, 6) is 1.76. The number of rotatable bonds is 9. The second kappa shape index (κ2) is 17.3. The molecule has 2 aliphatic carbocycles. The minimum atomic E-state index is -0.383. The molecular formula is C51H61N7O3. The van der Waals surface area contributed by atoms with Crippen LogP contribution in [-0.2, 0) is 23.1 Å². The van der Waals surface area contributed by atoms with Crippen LogP contribution in [0.15, 0.2) is 91.0 Å². The summed E-state index contributed by atoms with van der Waals surface area (Å²) in [5, 5.41) is 18.5. The lowest BCUT2D eigenvalue weighted by atomic mass is 9.69. The van der Waals surface area contributed by atoms with Crippen LogP contribution >= 0.6 is 0 Å². The lowest BCUT2D eigenvalue weighted by Crippen LogP contribution is -2.51. The van der Waals surface area contributed by atoms with Crippen LogP contribution in [0.4, 0.5) is 11.4 Å². The van der Waals surface area contributed by atoms with Gasteiger partial charge < -0.3 is 14.9 Å². The van der Waals surface area contributed by atoms with Gasteiger partial charge in [-0.3, -0.25) is 29.4 Å². The summed E-state index contributed by atoms with van der Waals surface area (Å²) in [5.41, 5.74) is 9.74. The Morgan fingerprint density at radius 3 is 2.00 bits per heavy atom. The van der Waals surface area contributed by atoms with Crippen molar-refractivity contribution in [3.05, 3.63) is 119 Å². The predicted molar refractivity (Wildman–Crippen MR) is 242 cm³/mol. The number of imide groups is 1. The van der Waals surface area contributed by atoms with Gasteiger partial charge in [-0.2, -0.15) is 5.10 Å². The van der Waals surface area contributed by atoms with Crippen molar-refractivity contribution in [2.75, 3.05) is 75.2 Å². The molecule has 10 rings (SSSR count). The fourth-order valence-electron chi connectivity index (χ4n) is 11.7. The molecule has 1 saturated carbocycles. The molecule has 0 spiro atoms. The van der Waals surface area contributed by atoms with Crippen LogP contribution in [-0.4, -0.2) is 102 Å². The van der Waals surface area contributed by atoms with Gasteiger partial charge in [0.25, 0.3) is 0 Å². The number of aromatic nitrogens is 2. The number of nitrogens with zero attached hydrogens (tertiary/aromatic N) is 6. The molecule has 2 amide bonds. The Labute approximate surface area is 360 Å². The second-order valence-corrected chi connectivity index (χ2v) is 18.6. The molecule has 3 saturated heterocycles. The molecule has 4 aromatic carbocycles. The first-order valence-corrected chi connectivity index (χ1v) is 23.1. The molecule has 1 aromatic heterocycles. The predicted octanol–water partition coefficient (Wildman–Crippen LogP) is 7.41. The molecule has 5 aromatic rings. The number of benzene rings is 4. The molecule has 3 aliphatic heterocycles. The molecular weight excluding hydrogens is 759 g/mol. The van der Waals surface area contributed by atoms with Crippen LogP contribution in [0.2, 0.25) is 0 Å². The maximum Gasteiger partial charge on any atom is 0.235 e. The summed E-state index contributed by atoms with van der Waals surface area (Å²) in [7, 11) is 1.95. The van der Waals surface area contributed by atoms with Crippen LogP contribution in [0.25, 0.3) is 10.9 Å². The van der Waals surface area contributed by atoms with Crippen molar-refractivity contribution >= 4 is 34.1 Å². The van der Waals surface area contributed by atoms with E-state index in [-0.39, 0.29) is 23.7 Å². The van der Waals surface area contributed by atoms with Crippen LogP contribution in [0, 0.1) is 11.8 Å². The van der Waals surface area contributed by atoms with Gasteiger partial charge in [-0.25, -0.2) is 0 Å². The molecule has 0 bridgehead atoms. The number of phenols is 1. The highest BCUT2D eigenvalue weighted by molar-refractivity contribution is 6.02. The summed E-state index contributed by atoms with van der Waals surface area (Å²) in [6.07, 6.45) is 8.36. The highest BCUT2D eigenvalue weighted by Gasteiger charge is 2.35. The number of anilines is 2. The number of carbonyl (C=O) groups is 2. The van der Waals surface area contributed by atoms with Gasteiger partial charge in [0.15, 0.2) is 0 Å². The van der Waals surface area contributed by atoms with E-state index in [4.69, 9.17) is 5.10 Å². The van der Waals surface area contributed by atoms with Crippen LogP contribution < -0.4 is 15.1 Å². The number of nitrogens with one attached hydrogen (secondary N) is 1. The molecule has 10 nitrogen and oxygen atoms in total. The summed E-state index contributed by atoms with van der Waals surface area (Å²) >= 11 is 0. The zero-order valence-electron chi connectivity index (χ0n) is 35.7. The average molecular weight is 820 g/mol. The number of piperidine rings is 1. The van der Waals surface area contributed by atoms with Crippen molar-refractivity contribution in [2.45, 2.75) is 69.1 Å². The van der Waals surface area contributed by atoms with Crippen molar-refractivity contribution in [3.63, 3.8) is 0 Å². The number of fused-ring (bicyclic) bond motifs is 2. The van der Waals surface area contributed by atoms with Gasteiger partial charge in [-0.1, -0.05) is 61.4 Å². The van der Waals surface area contributed by atoms with E-state index in [1.807, 2.05) is 23.9 Å². The fourth-order valence-corrected chi connectivity index (χ4v) is 11.7. The molecule has 4 fully saturated rings. The van der Waals surface area contributed by atoms with Gasteiger partial charge in [0.1, 0.15) is 5.75 Å². The van der Waals surface area contributed by atoms with Crippen molar-refractivity contribution in [1.82, 2.24) is 24.9 Å². The Hall–Kier alpha value is -5.19. The van der Waals surface area contributed by atoms with Gasteiger partial charge >= 0.3 is 0 Å². The smallest absolute Gasteiger partial charge is 0.235 e. The average Bonchev–Trinajstić information content (AvgIpc) is 3.62. The molecule has 5 atom stereocenters. The van der Waals surface area contributed by atoms with Crippen LogP contribution in [0.1, 0.15) is 90.6 Å². The molecule has 4 heterocycles. The normalized spacial score (nSPS) is 25.4. The Bertz CT molecular complexity index is 2350. The molecule has 61 heavy (non-hydrogen) atoms. The van der Waals surface area contributed by atoms with E-state index in [1.165, 1.54) is 72.4 Å². The van der Waals surface area contributed by atoms with E-state index in [9.17, 15) is 14.7 Å². The Balaban J connectivity index is 0.728. The highest BCUT2D eigenvalue weighted by atomic mass is 16.3. The topological polar surface area (TPSA) is 97.2 Å². The molecule has 1 unspecified atom stereocenters. The van der Waals surface area contributed by atoms with Gasteiger partial charge in [0.2, 0.25) is 11.8 Å². The van der Waals surface area contributed by atoms with Crippen molar-refractivity contribution < 1.29 is 14.7 Å². The van der Waals surface area contributed by atoms with Crippen molar-refractivity contribution in [2.24, 2.45) is 18.9 Å². The lowest BCUT2D eigenvalue weighted by Gasteiger charge is -2.43. The zero-order valence-corrected chi connectivity index (χ0v) is 35.7. The first kappa shape index (κ1) is 39.9. The van der Waals surface area contributed by atoms with Gasteiger partial charge in [-0.05, 0) is 115 Å². The SMILES string of the molecule is Cn1nc(C2CCC(=O)NC2=O)c2ccc(N3CCN(C[C@H]4CCCC[C@@H]4CN4CCN(c5ccc([C@@H]6c7ccc(O)cc7CC[C@@H]6c6ccccc6)cc5)CC4)CC3)cc21. The third-order valence-corrected chi connectivity index (χ3v) is 15.0. The van der Waals surface area contributed by atoms with Gasteiger partial charge in [0.05, 0.1) is 17.1 Å². The van der Waals surface area contributed by atoms with Crippen molar-refractivity contribution in [1.29, 1.82) is 0 Å². The first-order valence-electron chi connectivity index (χ1n) is 23.1. The van der Waals surface area contributed by atoms with Gasteiger partial charge in [0, 0.05) is 102 Å². The molecule has 0 radical (unpaired) electrons. The second-order valence-electron chi connectivity index (χ2n) is 18.6. The van der Waals surface area contributed by atoms with E-state index < -0.39 is 0 Å². The van der Waals surface area contributed by atoms with E-state index in [0.29, 0.717) is 24.5 Å². The van der Waals surface area contributed by atoms with E-state index in [0.717, 1.165) is 93.6 Å². The summed E-state index contributed by atoms with van der Waals surface area (Å²) in [4.78, 5) is 35.0. The molecule has 2 N–H and O–H groups in total. The monoisotopic (exact) mass is 819 g/mol. The summed E-state index contributed by atoms with van der Waals surface area (Å²) < 4.78 is 1.89. The Kier molecular flexibility index (Phi) is 11.3. The van der Waals surface area contributed by atoms with E-state index in [1.54, 1.807) is 0 Å². The number of amides is 2. The number of phenolic OH excluding ortho intramolecular Hbond substituents is 1. The fraction of sp³-hybridized carbons (Fsp3) is 0.471. The number of aromatic hydroxyl groups is 1. The van der Waals surface area contributed by atoms with Crippen molar-refractivity contribution in [3.8, 4) is 5.75 Å². The van der Waals surface area contributed by atoms with E-state index >= 15 is 0 Å². The number of piperazine rings is 2. The maximum atomic E-state index is 12.6. The Morgan fingerprint density at radius 2 is 1.33 bits per heavy atom. The molecule has 5 aliphatic rings. The largest absolute Gasteiger partial charge is 0.508 e. The Morgan fingerprint density at radius 1 is 0.672 bits per heavy atom. The zero-order chi connectivity index (χ0) is 41.5. The molecule has 318 valence electrons. The van der Waals surface area contributed by atoms with Gasteiger partial charge in [-0.15, -0.1) is 0 Å². The van der Waals surface area contributed by atoms with Crippen LogP contribution in [0.3, 0.4) is 0 Å². The number of hydrogen-bond acceptors (Lipinski definition) is 8. The number of aryl methyl sites for hydroxylation is 2. The quantitative estimate of drug-likeness (QED) is 0.149. The molecule has 10 heteroatoms. The summed E-state index contributed by atoms with van der Waals surface area (Å²) in [6, 6.07) is 33.0. The third-order valence-electron chi connectivity index (χ3n) is 15.0. The van der Waals surface area contributed by atoms with Crippen LogP contribution in [0.5, 0.6) is 5.75 Å². The standard InChI is InChI=1S/C51H61N7O3/c1-54-47-32-41(16-19-45(47)50(53-54)46-21-22-48(60)52-51(46)61)58-29-25-56(26-30-58)34-39-10-6-5-9-38(39)33-55-23-27-57(28-24-55)40-14-11-36(12-15-40)49-43(35-7-3-2-4-8-35)18-13-37-31-42(59)17-20-44(37)49/h2-4,7-8,11-12,14-17,19-20,31-32,38-39,43,46,49,59H,5-6,9-10,13,18,21-30,33-34H2,1H3,(H,52,60,61)/t38-,39-,43-,46?,49+/m1/s1. The van der Waals surface area contributed by atoms with E-state index in [2.05, 4.69) is 104 Å². The third kappa shape index (κ3) is 8.29. The number of hydrogen-bond donors (Lipinski definition) is 2. The summed E-state index contributed by atoms with van der Waals surface area (Å²) in [6.45, 7) is 11.0. The minimum absolute atomic E-state index is 0.196.